The van der Waals surface area contributed by atoms with E-state index in [4.69, 9.17) is 4.74 Å². The summed E-state index contributed by atoms with van der Waals surface area (Å²) in [6, 6.07) is 7.21. The van der Waals surface area contributed by atoms with E-state index in [9.17, 15) is 4.39 Å². The minimum atomic E-state index is -0.190. The van der Waals surface area contributed by atoms with Crippen LogP contribution in [0, 0.1) is 0 Å². The second-order valence-corrected chi connectivity index (χ2v) is 3.06. The van der Waals surface area contributed by atoms with Gasteiger partial charge in [-0.15, -0.1) is 0 Å². The second kappa shape index (κ2) is 5.02. The predicted molar refractivity (Wildman–Crippen MR) is 55.9 cm³/mol. The molecule has 0 saturated heterocycles. The molecule has 0 N–H and O–H groups in total. The third kappa shape index (κ3) is 3.19. The SMILES string of the molecule is COc1ccc(/C=C(\F)CBr)cc1. The zero-order chi connectivity index (χ0) is 9.68. The van der Waals surface area contributed by atoms with E-state index in [2.05, 4.69) is 15.9 Å². The third-order valence-corrected chi connectivity index (χ3v) is 2.10. The Morgan fingerprint density at radius 3 is 2.54 bits per heavy atom. The van der Waals surface area contributed by atoms with E-state index in [-0.39, 0.29) is 11.2 Å². The highest BCUT2D eigenvalue weighted by molar-refractivity contribution is 9.09. The van der Waals surface area contributed by atoms with E-state index in [0.717, 1.165) is 11.3 Å². The molecule has 0 unspecified atom stereocenters. The van der Waals surface area contributed by atoms with Gasteiger partial charge >= 0.3 is 0 Å². The molecule has 1 aromatic rings. The number of allylic oxidation sites excluding steroid dienone is 1. The molecule has 0 radical (unpaired) electrons. The summed E-state index contributed by atoms with van der Waals surface area (Å²) in [5.74, 6) is 0.585. The number of halogens is 2. The van der Waals surface area contributed by atoms with Crippen LogP contribution in [0.4, 0.5) is 4.39 Å². The maximum atomic E-state index is 12.8. The summed E-state index contributed by atoms with van der Waals surface area (Å²) < 4.78 is 17.8. The predicted octanol–water partition coefficient (Wildman–Crippen LogP) is 3.40. The van der Waals surface area contributed by atoms with Crippen LogP contribution in [0.3, 0.4) is 0 Å². The lowest BCUT2D eigenvalue weighted by Gasteiger charge is -1.99. The average Bonchev–Trinajstić information content (AvgIpc) is 2.19. The van der Waals surface area contributed by atoms with Gasteiger partial charge in [-0.25, -0.2) is 4.39 Å². The first-order valence-corrected chi connectivity index (χ1v) is 4.94. The van der Waals surface area contributed by atoms with Crippen molar-refractivity contribution in [3.8, 4) is 5.75 Å². The van der Waals surface area contributed by atoms with Crippen molar-refractivity contribution in [1.82, 2.24) is 0 Å². The molecule has 13 heavy (non-hydrogen) atoms. The van der Waals surface area contributed by atoms with E-state index >= 15 is 0 Å². The first-order chi connectivity index (χ1) is 6.26. The van der Waals surface area contributed by atoms with Crippen molar-refractivity contribution in [2.45, 2.75) is 0 Å². The Kier molecular flexibility index (Phi) is 3.96. The molecule has 0 aromatic heterocycles. The Balaban J connectivity index is 2.80. The van der Waals surface area contributed by atoms with Crippen molar-refractivity contribution < 1.29 is 9.13 Å². The van der Waals surface area contributed by atoms with Gasteiger partial charge < -0.3 is 4.74 Å². The van der Waals surface area contributed by atoms with E-state index in [0.29, 0.717) is 0 Å². The van der Waals surface area contributed by atoms with Gasteiger partial charge in [0.1, 0.15) is 11.6 Å². The van der Waals surface area contributed by atoms with Crippen molar-refractivity contribution in [3.05, 3.63) is 35.7 Å². The normalized spacial score (nSPS) is 11.5. The Labute approximate surface area is 85.3 Å². The highest BCUT2D eigenvalue weighted by atomic mass is 79.9. The molecule has 70 valence electrons. The van der Waals surface area contributed by atoms with Gasteiger partial charge in [0.15, 0.2) is 0 Å². The minimum absolute atomic E-state index is 0.190. The number of hydrogen-bond donors (Lipinski definition) is 0. The number of benzene rings is 1. The zero-order valence-corrected chi connectivity index (χ0v) is 8.84. The molecule has 3 heteroatoms. The fourth-order valence-electron chi connectivity index (χ4n) is 0.920. The van der Waals surface area contributed by atoms with E-state index in [1.807, 2.05) is 0 Å². The Bertz CT molecular complexity index is 292. The van der Waals surface area contributed by atoms with Crippen molar-refractivity contribution in [2.24, 2.45) is 0 Å². The maximum Gasteiger partial charge on any atom is 0.118 e. The number of methoxy groups -OCH3 is 1. The zero-order valence-electron chi connectivity index (χ0n) is 7.26. The second-order valence-electron chi connectivity index (χ2n) is 2.50. The molecular formula is C10H10BrFO. The van der Waals surface area contributed by atoms with E-state index < -0.39 is 0 Å². The summed E-state index contributed by atoms with van der Waals surface area (Å²) >= 11 is 3.03. The third-order valence-electron chi connectivity index (χ3n) is 1.57. The summed E-state index contributed by atoms with van der Waals surface area (Å²) in [7, 11) is 1.60. The molecule has 0 fully saturated rings. The van der Waals surface area contributed by atoms with Crippen molar-refractivity contribution in [3.63, 3.8) is 0 Å². The molecule has 0 spiro atoms. The highest BCUT2D eigenvalue weighted by Gasteiger charge is 1.94. The van der Waals surface area contributed by atoms with Crippen molar-refractivity contribution >= 4 is 22.0 Å². The van der Waals surface area contributed by atoms with Gasteiger partial charge in [-0.1, -0.05) is 28.1 Å². The molecule has 0 atom stereocenters. The lowest BCUT2D eigenvalue weighted by atomic mass is 10.2. The summed E-state index contributed by atoms with van der Waals surface area (Å²) in [4.78, 5) is 0. The van der Waals surface area contributed by atoms with Gasteiger partial charge in [0, 0.05) is 0 Å². The van der Waals surface area contributed by atoms with Crippen LogP contribution < -0.4 is 4.74 Å². The van der Waals surface area contributed by atoms with Crippen molar-refractivity contribution in [1.29, 1.82) is 0 Å². The van der Waals surface area contributed by atoms with Gasteiger partial charge in [-0.3, -0.25) is 0 Å². The summed E-state index contributed by atoms with van der Waals surface area (Å²) in [6.45, 7) is 0. The molecule has 0 aliphatic heterocycles. The number of rotatable bonds is 3. The van der Waals surface area contributed by atoms with Crippen LogP contribution in [0.5, 0.6) is 5.75 Å². The summed E-state index contributed by atoms with van der Waals surface area (Å²) in [5, 5.41) is 0.249. The average molecular weight is 245 g/mol. The van der Waals surface area contributed by atoms with E-state index in [1.54, 1.807) is 31.4 Å². The molecule has 0 saturated carbocycles. The van der Waals surface area contributed by atoms with Gasteiger partial charge in [0.2, 0.25) is 0 Å². The van der Waals surface area contributed by atoms with Crippen LogP contribution in [0.1, 0.15) is 5.56 Å². The number of alkyl halides is 1. The Morgan fingerprint density at radius 2 is 2.08 bits per heavy atom. The van der Waals surface area contributed by atoms with Gasteiger partial charge in [0.05, 0.1) is 12.4 Å². The molecule has 1 nitrogen and oxygen atoms in total. The Hall–Kier alpha value is -0.830. The molecular weight excluding hydrogens is 235 g/mol. The van der Waals surface area contributed by atoms with Gasteiger partial charge in [0.25, 0.3) is 0 Å². The molecule has 0 heterocycles. The molecule has 0 aliphatic carbocycles. The monoisotopic (exact) mass is 244 g/mol. The van der Waals surface area contributed by atoms with Crippen LogP contribution in [0.25, 0.3) is 6.08 Å². The maximum absolute atomic E-state index is 12.8. The molecule has 0 amide bonds. The van der Waals surface area contributed by atoms with Crippen molar-refractivity contribution in [2.75, 3.05) is 12.4 Å². The van der Waals surface area contributed by atoms with E-state index in [1.165, 1.54) is 6.08 Å². The van der Waals surface area contributed by atoms with Crippen LogP contribution in [0.15, 0.2) is 30.1 Å². The lowest BCUT2D eigenvalue weighted by Crippen LogP contribution is -1.82. The first-order valence-electron chi connectivity index (χ1n) is 3.82. The van der Waals surface area contributed by atoms with Gasteiger partial charge in [-0.2, -0.15) is 0 Å². The number of ether oxygens (including phenoxy) is 1. The Morgan fingerprint density at radius 1 is 1.46 bits per heavy atom. The smallest absolute Gasteiger partial charge is 0.118 e. The molecule has 0 bridgehead atoms. The highest BCUT2D eigenvalue weighted by Crippen LogP contribution is 2.14. The van der Waals surface area contributed by atoms with Crippen LogP contribution in [-0.4, -0.2) is 12.4 Å². The molecule has 0 aliphatic rings. The minimum Gasteiger partial charge on any atom is -0.497 e. The largest absolute Gasteiger partial charge is 0.497 e. The summed E-state index contributed by atoms with van der Waals surface area (Å²) in [6.07, 6.45) is 1.48. The van der Waals surface area contributed by atoms with Crippen LogP contribution >= 0.6 is 15.9 Å². The fraction of sp³-hybridized carbons (Fsp3) is 0.200. The first kappa shape index (κ1) is 10.3. The standard InChI is InChI=1S/C10H10BrFO/c1-13-10-4-2-8(3-5-10)6-9(12)7-11/h2-6H,7H2,1H3/b9-6-. The number of hydrogen-bond acceptors (Lipinski definition) is 1. The quantitative estimate of drug-likeness (QED) is 0.741. The molecule has 1 rings (SSSR count). The lowest BCUT2D eigenvalue weighted by molar-refractivity contribution is 0.415. The summed E-state index contributed by atoms with van der Waals surface area (Å²) in [5.41, 5.74) is 0.831. The van der Waals surface area contributed by atoms with Crippen LogP contribution in [-0.2, 0) is 0 Å². The fourth-order valence-corrected chi connectivity index (χ4v) is 1.08. The van der Waals surface area contributed by atoms with Gasteiger partial charge in [-0.05, 0) is 23.8 Å². The molecule has 1 aromatic carbocycles. The topological polar surface area (TPSA) is 9.23 Å². The van der Waals surface area contributed by atoms with Crippen LogP contribution in [0.2, 0.25) is 0 Å².